The fourth-order valence-corrected chi connectivity index (χ4v) is 13.0. The van der Waals surface area contributed by atoms with Crippen LogP contribution in [0.5, 0.6) is 0 Å². The number of rotatable bonds is 7. The summed E-state index contributed by atoms with van der Waals surface area (Å²) >= 11 is 0. The number of aliphatic carboxylic acids is 1. The number of carboxylic acids is 1. The Morgan fingerprint density at radius 3 is 2.20 bits per heavy atom. The molecule has 2 saturated heterocycles. The summed E-state index contributed by atoms with van der Waals surface area (Å²) in [6.07, 6.45) is -8.03. The summed E-state index contributed by atoms with van der Waals surface area (Å²) in [5, 5.41) is 82.1. The molecule has 0 unspecified atom stereocenters. The molecule has 56 heavy (non-hydrogen) atoms. The first-order valence-electron chi connectivity index (χ1n) is 20.2. The molecule has 2 heterocycles. The number of hydrogen-bond acceptors (Lipinski definition) is 14. The highest BCUT2D eigenvalue weighted by atomic mass is 16.7. The molecule has 0 radical (unpaired) electrons. The number of aliphatic hydroxyl groups excluding tert-OH is 7. The van der Waals surface area contributed by atoms with Gasteiger partial charge in [-0.05, 0) is 92.3 Å². The molecule has 0 aromatic heterocycles. The Labute approximate surface area is 326 Å². The molecule has 314 valence electrons. The van der Waals surface area contributed by atoms with E-state index in [-0.39, 0.29) is 34.0 Å². The zero-order chi connectivity index (χ0) is 40.9. The van der Waals surface area contributed by atoms with E-state index in [9.17, 15) is 55.2 Å². The van der Waals surface area contributed by atoms with Gasteiger partial charge in [-0.1, -0.05) is 51.5 Å². The topological polar surface area (TPSA) is 250 Å². The van der Waals surface area contributed by atoms with Crippen molar-refractivity contribution < 1.29 is 74.2 Å². The summed E-state index contributed by atoms with van der Waals surface area (Å²) in [6.45, 7) is 12.4. The lowest BCUT2D eigenvalue weighted by Gasteiger charge is -2.70. The summed E-state index contributed by atoms with van der Waals surface area (Å²) in [4.78, 5) is 39.5. The number of allylic oxidation sites excluding steroid dienone is 3. The van der Waals surface area contributed by atoms with Crippen molar-refractivity contribution in [1.29, 1.82) is 0 Å². The first-order chi connectivity index (χ1) is 26.2. The monoisotopic (exact) mass is 792 g/mol. The predicted octanol–water partition coefficient (Wildman–Crippen LogP) is 1.12. The predicted molar refractivity (Wildman–Crippen MR) is 194 cm³/mol. The van der Waals surface area contributed by atoms with Crippen LogP contribution in [0, 0.1) is 44.8 Å². The van der Waals surface area contributed by atoms with Crippen molar-refractivity contribution in [3.63, 3.8) is 0 Å². The van der Waals surface area contributed by atoms with Crippen LogP contribution in [0.4, 0.5) is 0 Å². The van der Waals surface area contributed by atoms with Gasteiger partial charge < -0.3 is 64.6 Å². The van der Waals surface area contributed by atoms with Gasteiger partial charge in [-0.15, -0.1) is 0 Å². The maximum atomic E-state index is 14.4. The number of ether oxygens (including phenoxy) is 4. The van der Waals surface area contributed by atoms with Gasteiger partial charge in [0.05, 0.1) is 23.5 Å². The summed E-state index contributed by atoms with van der Waals surface area (Å²) in [6, 6.07) is 0. The molecule has 2 aliphatic heterocycles. The highest BCUT2D eigenvalue weighted by Gasteiger charge is 2.70. The molecule has 8 N–H and O–H groups in total. The third-order valence-electron chi connectivity index (χ3n) is 16.5. The van der Waals surface area contributed by atoms with Crippen LogP contribution in [0.2, 0.25) is 0 Å². The average Bonchev–Trinajstić information content (AvgIpc) is 3.16. The van der Waals surface area contributed by atoms with Crippen molar-refractivity contribution in [2.45, 2.75) is 159 Å². The van der Waals surface area contributed by atoms with E-state index in [4.69, 9.17) is 18.9 Å². The number of aliphatic hydroxyl groups is 7. The van der Waals surface area contributed by atoms with Crippen molar-refractivity contribution in [3.8, 4) is 0 Å². The smallest absolute Gasteiger partial charge is 0.335 e. The van der Waals surface area contributed by atoms with Gasteiger partial charge in [-0.3, -0.25) is 4.79 Å². The van der Waals surface area contributed by atoms with E-state index in [0.29, 0.717) is 57.8 Å². The Balaban J connectivity index is 1.16. The Bertz CT molecular complexity index is 1620. The molecule has 0 amide bonds. The zero-order valence-electron chi connectivity index (χ0n) is 32.7. The van der Waals surface area contributed by atoms with Crippen LogP contribution >= 0.6 is 0 Å². The lowest BCUT2D eigenvalue weighted by atomic mass is 9.34. The van der Waals surface area contributed by atoms with Crippen LogP contribution in [-0.2, 0) is 33.3 Å². The fourth-order valence-electron chi connectivity index (χ4n) is 13.0. The number of esters is 1. The Kier molecular flexibility index (Phi) is 10.8. The molecule has 15 heteroatoms. The maximum Gasteiger partial charge on any atom is 0.335 e. The normalized spacial score (nSPS) is 53.0. The molecule has 5 aliphatic carbocycles. The van der Waals surface area contributed by atoms with Crippen molar-refractivity contribution in [1.82, 2.24) is 0 Å². The van der Waals surface area contributed by atoms with Crippen LogP contribution in [0.15, 0.2) is 23.8 Å². The van der Waals surface area contributed by atoms with Gasteiger partial charge >= 0.3 is 11.9 Å². The summed E-state index contributed by atoms with van der Waals surface area (Å²) < 4.78 is 23.2. The third kappa shape index (κ3) is 5.93. The standard InChI is InChI=1S/C41H60O15/c1-19-8-13-41(36(52)56-34-30(48)27(45)26(44)22(17-42)53-34)15-14-39(4)20(21(41)16-19)6-7-24-37(2)11-10-25(38(3,18-43)23(37)9-12-40(24,39)5)54-35-31(49)28(46)29(47)32(55-35)33(50)51/h6,18,21-32,34-35,42,44-49H,1,7-17H2,2-5H3,(H,50,51)/t21-,22+,23+,24+,25-,26+,27-,28-,29-,30+,31+,32-,34-,35+,37-,38-,39+,40+,41-/m0/s1. The van der Waals surface area contributed by atoms with Crippen LogP contribution in [0.3, 0.4) is 0 Å². The Morgan fingerprint density at radius 1 is 0.857 bits per heavy atom. The van der Waals surface area contributed by atoms with Crippen LogP contribution in [0.25, 0.3) is 0 Å². The summed E-state index contributed by atoms with van der Waals surface area (Å²) in [7, 11) is 0. The van der Waals surface area contributed by atoms with Gasteiger partial charge in [0.1, 0.15) is 49.0 Å². The molecule has 0 aromatic carbocycles. The second-order valence-electron chi connectivity index (χ2n) is 18.9. The SMILES string of the molecule is C=C1CC[C@]2(C(=O)O[C@@H]3O[C@H](CO)[C@@H](O)[C@H](O)[C@H]3O)CC[C@]3(C)C(=CC[C@@H]4[C@@]5(C)CC[C@H](O[C@@H]6O[C@H](C(=O)O)[C@@H](O)[C@H](O)[C@H]6O)[C@@](C)(C=O)[C@@H]5CC[C@]43C)[C@@H]2C1. The Hall–Kier alpha value is -2.31. The lowest BCUT2D eigenvalue weighted by Crippen LogP contribution is -2.67. The molecule has 7 aliphatic rings. The molecule has 7 rings (SSSR count). The number of fused-ring (bicyclic) bond motifs is 7. The zero-order valence-corrected chi connectivity index (χ0v) is 32.7. The molecule has 4 saturated carbocycles. The molecule has 0 aromatic rings. The number of carbonyl (C=O) groups excluding carboxylic acids is 2. The van der Waals surface area contributed by atoms with Crippen LogP contribution in [0.1, 0.15) is 91.9 Å². The van der Waals surface area contributed by atoms with Crippen molar-refractivity contribution in [2.75, 3.05) is 6.61 Å². The maximum absolute atomic E-state index is 14.4. The second kappa shape index (κ2) is 14.5. The first kappa shape index (κ1) is 41.8. The molecule has 0 bridgehead atoms. The molecular weight excluding hydrogens is 732 g/mol. The molecule has 15 nitrogen and oxygen atoms in total. The minimum absolute atomic E-state index is 0.132. The second-order valence-corrected chi connectivity index (χ2v) is 18.9. The van der Waals surface area contributed by atoms with Gasteiger partial charge in [0.25, 0.3) is 0 Å². The van der Waals surface area contributed by atoms with Gasteiger partial charge in [0.2, 0.25) is 6.29 Å². The van der Waals surface area contributed by atoms with E-state index in [1.807, 2.05) is 6.92 Å². The minimum atomic E-state index is -1.86. The number of aldehydes is 1. The molecule has 0 spiro atoms. The average molecular weight is 793 g/mol. The van der Waals surface area contributed by atoms with E-state index >= 15 is 0 Å². The number of carbonyl (C=O) groups is 3. The summed E-state index contributed by atoms with van der Waals surface area (Å²) in [5.41, 5.74) is -0.719. The minimum Gasteiger partial charge on any atom is -0.479 e. The van der Waals surface area contributed by atoms with E-state index in [1.54, 1.807) is 0 Å². The summed E-state index contributed by atoms with van der Waals surface area (Å²) in [5.74, 6) is -2.32. The first-order valence-corrected chi connectivity index (χ1v) is 20.2. The largest absolute Gasteiger partial charge is 0.479 e. The Morgan fingerprint density at radius 2 is 1.54 bits per heavy atom. The number of carboxylic acid groups (broad SMARTS) is 1. The molecule has 6 fully saturated rings. The van der Waals surface area contributed by atoms with E-state index in [1.165, 1.54) is 5.57 Å². The fraction of sp³-hybridized carbons (Fsp3) is 0.829. The highest BCUT2D eigenvalue weighted by Crippen LogP contribution is 2.75. The van der Waals surface area contributed by atoms with Gasteiger partial charge in [-0.25, -0.2) is 4.79 Å². The van der Waals surface area contributed by atoms with E-state index < -0.39 is 96.9 Å². The van der Waals surface area contributed by atoms with Crippen molar-refractivity contribution >= 4 is 18.2 Å². The van der Waals surface area contributed by atoms with Gasteiger partial charge in [-0.2, -0.15) is 0 Å². The molecular formula is C41H60O15. The third-order valence-corrected chi connectivity index (χ3v) is 16.5. The van der Waals surface area contributed by atoms with Crippen LogP contribution < -0.4 is 0 Å². The van der Waals surface area contributed by atoms with Gasteiger partial charge in [0.15, 0.2) is 12.4 Å². The number of hydrogen-bond donors (Lipinski definition) is 8. The van der Waals surface area contributed by atoms with Crippen LogP contribution in [-0.4, -0.2) is 133 Å². The van der Waals surface area contributed by atoms with E-state index in [2.05, 4.69) is 33.4 Å². The van der Waals surface area contributed by atoms with Crippen molar-refractivity contribution in [2.24, 2.45) is 44.8 Å². The quantitative estimate of drug-likeness (QED) is 0.0779. The molecule has 19 atom stereocenters. The van der Waals surface area contributed by atoms with Gasteiger partial charge in [0, 0.05) is 5.92 Å². The van der Waals surface area contributed by atoms with Crippen molar-refractivity contribution in [3.05, 3.63) is 23.8 Å². The lowest BCUT2D eigenvalue weighted by molar-refractivity contribution is -0.321. The van der Waals surface area contributed by atoms with E-state index in [0.717, 1.165) is 18.3 Å². The highest BCUT2D eigenvalue weighted by molar-refractivity contribution is 5.79.